The fourth-order valence-corrected chi connectivity index (χ4v) is 4.00. The number of anilines is 1. The van der Waals surface area contributed by atoms with Gasteiger partial charge in [-0.2, -0.15) is 0 Å². The van der Waals surface area contributed by atoms with Gasteiger partial charge in [-0.25, -0.2) is 9.59 Å². The highest BCUT2D eigenvalue weighted by atomic mass is 16.5. The van der Waals surface area contributed by atoms with Crippen molar-refractivity contribution in [1.82, 2.24) is 9.47 Å². The van der Waals surface area contributed by atoms with Gasteiger partial charge in [-0.15, -0.1) is 0 Å². The maximum Gasteiger partial charge on any atom is 0.355 e. The van der Waals surface area contributed by atoms with E-state index in [4.69, 9.17) is 4.74 Å². The maximum atomic E-state index is 13.3. The van der Waals surface area contributed by atoms with Crippen LogP contribution in [0, 0.1) is 13.8 Å². The minimum atomic E-state index is -0.447. The van der Waals surface area contributed by atoms with Crippen molar-refractivity contribution in [1.29, 1.82) is 0 Å². The molecule has 31 heavy (non-hydrogen) atoms. The number of hydrogen-bond acceptors (Lipinski definition) is 4. The summed E-state index contributed by atoms with van der Waals surface area (Å²) in [6, 6.07) is 7.48. The van der Waals surface area contributed by atoms with Crippen LogP contribution in [0.5, 0.6) is 0 Å². The normalized spacial score (nSPS) is 13.1. The standard InChI is InChI=1S/C24H31N3O4/c1-6-17-10-8-9-11-19(17)25-24(30)27(18-12-13-18)14-20(28)21-15(3)22(23(29)31-7-2)26(5)16(21)4/h8-11,18H,6-7,12-14H2,1-5H3,(H,25,30). The van der Waals surface area contributed by atoms with Gasteiger partial charge in [0.05, 0.1) is 13.2 Å². The first-order chi connectivity index (χ1) is 14.8. The van der Waals surface area contributed by atoms with E-state index in [1.54, 1.807) is 30.4 Å². The van der Waals surface area contributed by atoms with Crippen molar-refractivity contribution < 1.29 is 19.1 Å². The Bertz CT molecular complexity index is 1000. The maximum absolute atomic E-state index is 13.3. The number of esters is 1. The lowest BCUT2D eigenvalue weighted by atomic mass is 10.1. The average Bonchev–Trinajstić information content (AvgIpc) is 3.54. The second-order valence-electron chi connectivity index (χ2n) is 7.94. The fourth-order valence-electron chi connectivity index (χ4n) is 4.00. The second-order valence-corrected chi connectivity index (χ2v) is 7.94. The molecule has 1 aliphatic carbocycles. The van der Waals surface area contributed by atoms with E-state index in [1.807, 2.05) is 38.1 Å². The Morgan fingerprint density at radius 2 is 1.84 bits per heavy atom. The summed E-state index contributed by atoms with van der Waals surface area (Å²) in [6.45, 7) is 7.58. The first-order valence-electron chi connectivity index (χ1n) is 10.8. The SMILES string of the molecule is CCOC(=O)c1c(C)c(C(=O)CN(C(=O)Nc2ccccc2CC)C2CC2)c(C)n1C. The van der Waals surface area contributed by atoms with E-state index < -0.39 is 5.97 Å². The van der Waals surface area contributed by atoms with E-state index in [2.05, 4.69) is 5.32 Å². The van der Waals surface area contributed by atoms with Gasteiger partial charge in [-0.3, -0.25) is 4.79 Å². The minimum Gasteiger partial charge on any atom is -0.461 e. The lowest BCUT2D eigenvalue weighted by Gasteiger charge is -2.23. The fraction of sp³-hybridized carbons (Fsp3) is 0.458. The summed E-state index contributed by atoms with van der Waals surface area (Å²) in [4.78, 5) is 40.3. The molecule has 1 aliphatic rings. The van der Waals surface area contributed by atoms with Crippen molar-refractivity contribution in [3.8, 4) is 0 Å². The largest absolute Gasteiger partial charge is 0.461 e. The molecule has 3 rings (SSSR count). The molecule has 0 bridgehead atoms. The number of rotatable bonds is 8. The van der Waals surface area contributed by atoms with Crippen LogP contribution in [0.25, 0.3) is 0 Å². The molecule has 0 radical (unpaired) electrons. The van der Waals surface area contributed by atoms with Crippen molar-refractivity contribution in [3.63, 3.8) is 0 Å². The van der Waals surface area contributed by atoms with Crippen molar-refractivity contribution in [2.24, 2.45) is 7.05 Å². The van der Waals surface area contributed by atoms with Gasteiger partial charge in [0.2, 0.25) is 0 Å². The third-order valence-corrected chi connectivity index (χ3v) is 5.88. The lowest BCUT2D eigenvalue weighted by Crippen LogP contribution is -2.40. The number of urea groups is 1. The van der Waals surface area contributed by atoms with E-state index in [9.17, 15) is 14.4 Å². The number of para-hydroxylation sites is 1. The van der Waals surface area contributed by atoms with Crippen LogP contribution in [-0.2, 0) is 18.2 Å². The van der Waals surface area contributed by atoms with E-state index in [0.717, 1.165) is 30.5 Å². The lowest BCUT2D eigenvalue weighted by molar-refractivity contribution is 0.0514. The van der Waals surface area contributed by atoms with Gasteiger partial charge < -0.3 is 19.5 Å². The summed E-state index contributed by atoms with van der Waals surface area (Å²) in [5.41, 5.74) is 3.96. The van der Waals surface area contributed by atoms with Crippen molar-refractivity contribution >= 4 is 23.5 Å². The van der Waals surface area contributed by atoms with Crippen LogP contribution in [0.3, 0.4) is 0 Å². The first-order valence-corrected chi connectivity index (χ1v) is 10.8. The Labute approximate surface area is 183 Å². The van der Waals surface area contributed by atoms with Crippen molar-refractivity contribution in [2.75, 3.05) is 18.5 Å². The number of ether oxygens (including phenoxy) is 1. The van der Waals surface area contributed by atoms with Crippen LogP contribution in [0.2, 0.25) is 0 Å². The highest BCUT2D eigenvalue weighted by molar-refractivity contribution is 6.05. The number of carbonyl (C=O) groups excluding carboxylic acids is 3. The van der Waals surface area contributed by atoms with Gasteiger partial charge >= 0.3 is 12.0 Å². The molecule has 1 N–H and O–H groups in total. The molecule has 0 atom stereocenters. The highest BCUT2D eigenvalue weighted by Gasteiger charge is 2.35. The molecule has 0 spiro atoms. The minimum absolute atomic E-state index is 0.0290. The van der Waals surface area contributed by atoms with E-state index in [0.29, 0.717) is 22.5 Å². The van der Waals surface area contributed by atoms with Gasteiger partial charge in [0.25, 0.3) is 0 Å². The summed E-state index contributed by atoms with van der Waals surface area (Å²) in [5, 5.41) is 2.98. The molecule has 166 valence electrons. The summed E-state index contributed by atoms with van der Waals surface area (Å²) in [6.07, 6.45) is 2.58. The Morgan fingerprint density at radius 3 is 2.45 bits per heavy atom. The number of aromatic nitrogens is 1. The molecule has 1 saturated carbocycles. The Morgan fingerprint density at radius 1 is 1.16 bits per heavy atom. The topological polar surface area (TPSA) is 80.6 Å². The van der Waals surface area contributed by atoms with Gasteiger partial charge in [-0.1, -0.05) is 25.1 Å². The quantitative estimate of drug-likeness (QED) is 0.506. The van der Waals surface area contributed by atoms with Crippen LogP contribution in [0.15, 0.2) is 24.3 Å². The molecule has 1 fully saturated rings. The molecule has 7 heteroatoms. The molecule has 2 aromatic rings. The molecule has 1 aromatic carbocycles. The number of aryl methyl sites for hydroxylation is 1. The van der Waals surface area contributed by atoms with Gasteiger partial charge in [0.15, 0.2) is 5.78 Å². The molecule has 1 heterocycles. The number of nitrogens with one attached hydrogen (secondary N) is 1. The van der Waals surface area contributed by atoms with E-state index >= 15 is 0 Å². The third kappa shape index (κ3) is 4.65. The zero-order chi connectivity index (χ0) is 22.7. The summed E-state index contributed by atoms with van der Waals surface area (Å²) in [5.74, 6) is -0.621. The Kier molecular flexibility index (Phi) is 6.83. The average molecular weight is 426 g/mol. The molecule has 0 saturated heterocycles. The zero-order valence-corrected chi connectivity index (χ0v) is 18.9. The Balaban J connectivity index is 1.83. The number of Topliss-reactive ketones (excluding diaryl/α,β-unsaturated/α-hetero) is 1. The number of nitrogens with zero attached hydrogens (tertiary/aromatic N) is 2. The molecular formula is C24H31N3O4. The molecular weight excluding hydrogens is 394 g/mol. The van der Waals surface area contributed by atoms with E-state index in [1.165, 1.54) is 0 Å². The molecule has 2 amide bonds. The predicted molar refractivity (Wildman–Crippen MR) is 120 cm³/mol. The van der Waals surface area contributed by atoms with Gasteiger partial charge in [0.1, 0.15) is 5.69 Å². The van der Waals surface area contributed by atoms with Crippen LogP contribution in [0.1, 0.15) is 64.4 Å². The Hall–Kier alpha value is -3.09. The molecule has 0 aliphatic heterocycles. The van der Waals surface area contributed by atoms with Crippen LogP contribution < -0.4 is 5.32 Å². The summed E-state index contributed by atoms with van der Waals surface area (Å²) in [7, 11) is 1.75. The zero-order valence-electron chi connectivity index (χ0n) is 18.9. The third-order valence-electron chi connectivity index (χ3n) is 5.88. The summed E-state index contributed by atoms with van der Waals surface area (Å²) < 4.78 is 6.84. The van der Waals surface area contributed by atoms with Gasteiger partial charge in [-0.05, 0) is 57.2 Å². The number of ketones is 1. The summed E-state index contributed by atoms with van der Waals surface area (Å²) >= 11 is 0. The number of carbonyl (C=O) groups is 3. The molecule has 0 unspecified atom stereocenters. The second kappa shape index (κ2) is 9.37. The first kappa shape index (κ1) is 22.6. The monoisotopic (exact) mass is 425 g/mol. The van der Waals surface area contributed by atoms with Crippen molar-refractivity contribution in [3.05, 3.63) is 52.3 Å². The smallest absolute Gasteiger partial charge is 0.355 e. The van der Waals surface area contributed by atoms with Crippen LogP contribution >= 0.6 is 0 Å². The number of amides is 2. The number of hydrogen-bond donors (Lipinski definition) is 1. The van der Waals surface area contributed by atoms with Crippen LogP contribution in [-0.4, -0.2) is 46.4 Å². The number of benzene rings is 1. The van der Waals surface area contributed by atoms with E-state index in [-0.39, 0.29) is 31.0 Å². The van der Waals surface area contributed by atoms with Gasteiger partial charge in [0, 0.05) is 30.0 Å². The molecule has 1 aromatic heterocycles. The van der Waals surface area contributed by atoms with Crippen molar-refractivity contribution in [2.45, 2.75) is 53.0 Å². The van der Waals surface area contributed by atoms with Crippen LogP contribution in [0.4, 0.5) is 10.5 Å². The highest BCUT2D eigenvalue weighted by Crippen LogP contribution is 2.29. The molecule has 7 nitrogen and oxygen atoms in total. The predicted octanol–water partition coefficient (Wildman–Crippen LogP) is 4.26.